The number of aldehydes is 1. The van der Waals surface area contributed by atoms with Gasteiger partial charge in [0.2, 0.25) is 0 Å². The van der Waals surface area contributed by atoms with Gasteiger partial charge in [-0.25, -0.2) is 4.99 Å². The van der Waals surface area contributed by atoms with E-state index in [9.17, 15) is 4.79 Å². The van der Waals surface area contributed by atoms with Crippen molar-refractivity contribution < 1.29 is 19.0 Å². The van der Waals surface area contributed by atoms with Gasteiger partial charge in [0.05, 0.1) is 12.7 Å². The molecule has 1 fully saturated rings. The number of carbonyl (C=O) groups is 1. The van der Waals surface area contributed by atoms with Crippen LogP contribution in [0.5, 0.6) is 5.75 Å². The van der Waals surface area contributed by atoms with E-state index in [0.29, 0.717) is 24.9 Å². The minimum Gasteiger partial charge on any atom is -0.491 e. The third kappa shape index (κ3) is 3.85. The molecular weight excluding hydrogens is 370 g/mol. The van der Waals surface area contributed by atoms with Gasteiger partial charge in [-0.1, -0.05) is 6.07 Å². The van der Waals surface area contributed by atoms with Crippen molar-refractivity contribution in [2.45, 2.75) is 43.7 Å². The molecule has 0 bridgehead atoms. The first-order valence-electron chi connectivity index (χ1n) is 10.2. The molecule has 0 saturated heterocycles. The molecular formula is C22H33N3O4. The first kappa shape index (κ1) is 21.6. The maximum absolute atomic E-state index is 12.8. The molecule has 2 N–H and O–H groups in total. The Morgan fingerprint density at radius 2 is 2.00 bits per heavy atom. The highest BCUT2D eigenvalue weighted by Crippen LogP contribution is 2.59. The van der Waals surface area contributed by atoms with Gasteiger partial charge in [-0.15, -0.1) is 0 Å². The molecule has 0 aliphatic heterocycles. The third-order valence-corrected chi connectivity index (χ3v) is 6.53. The van der Waals surface area contributed by atoms with E-state index in [2.05, 4.69) is 6.07 Å². The van der Waals surface area contributed by atoms with Gasteiger partial charge in [0.25, 0.3) is 0 Å². The summed E-state index contributed by atoms with van der Waals surface area (Å²) in [5.74, 6) is 1.07. The number of benzene rings is 1. The number of hydrogen-bond donors (Lipinski definition) is 1. The molecule has 0 aromatic heterocycles. The molecule has 1 saturated carbocycles. The highest BCUT2D eigenvalue weighted by atomic mass is 16.5. The van der Waals surface area contributed by atoms with Crippen LogP contribution in [0.2, 0.25) is 0 Å². The number of aliphatic imine (C=N–C) groups is 1. The molecule has 29 heavy (non-hydrogen) atoms. The number of nitrogens with zero attached hydrogens (tertiary/aromatic N) is 2. The van der Waals surface area contributed by atoms with Crippen molar-refractivity contribution in [3.05, 3.63) is 29.3 Å². The molecule has 7 heteroatoms. The van der Waals surface area contributed by atoms with Gasteiger partial charge in [-0.3, -0.25) is 0 Å². The van der Waals surface area contributed by atoms with Crippen molar-refractivity contribution in [2.75, 3.05) is 41.5 Å². The Kier molecular flexibility index (Phi) is 6.49. The van der Waals surface area contributed by atoms with Crippen LogP contribution in [0.15, 0.2) is 23.2 Å². The molecule has 160 valence electrons. The second kappa shape index (κ2) is 8.71. The molecule has 0 amide bonds. The molecule has 1 aromatic rings. The average Bonchev–Trinajstić information content (AvgIpc) is 2.97. The summed E-state index contributed by atoms with van der Waals surface area (Å²) in [7, 11) is 7.07. The number of ether oxygens (including phenoxy) is 3. The SMILES string of the molecule is COCCOc1ccc2c(c1)[C@@](C=O)(N=C(N)N(C)C)C1(CCC(OC)CC1)C2. The number of methoxy groups -OCH3 is 2. The Morgan fingerprint density at radius 1 is 1.28 bits per heavy atom. The van der Waals surface area contributed by atoms with Crippen LogP contribution in [0.25, 0.3) is 0 Å². The van der Waals surface area contributed by atoms with Crippen LogP contribution in [0, 0.1) is 5.41 Å². The van der Waals surface area contributed by atoms with Gasteiger partial charge >= 0.3 is 0 Å². The number of rotatable bonds is 7. The van der Waals surface area contributed by atoms with E-state index in [1.165, 1.54) is 0 Å². The quantitative estimate of drug-likeness (QED) is 0.325. The van der Waals surface area contributed by atoms with Gasteiger partial charge in [0.1, 0.15) is 12.4 Å². The van der Waals surface area contributed by atoms with Crippen molar-refractivity contribution in [1.29, 1.82) is 0 Å². The van der Waals surface area contributed by atoms with Gasteiger partial charge in [-0.2, -0.15) is 0 Å². The standard InChI is InChI=1S/C22H33N3O4/c1-25(2)20(23)24-22(15-26)19-13-18(29-12-11-27-3)6-5-16(19)14-21(22)9-7-17(28-4)8-10-21/h5-6,13,15,17H,7-12,14H2,1-4H3,(H2,23,24)/t17?,21?,22-/m1/s1. The van der Waals surface area contributed by atoms with Crippen LogP contribution in [-0.4, -0.2) is 64.8 Å². The zero-order chi connectivity index (χ0) is 21.1. The first-order chi connectivity index (χ1) is 13.9. The maximum atomic E-state index is 12.8. The predicted molar refractivity (Wildman–Crippen MR) is 112 cm³/mol. The third-order valence-electron chi connectivity index (χ3n) is 6.53. The zero-order valence-corrected chi connectivity index (χ0v) is 17.9. The Morgan fingerprint density at radius 3 is 2.59 bits per heavy atom. The van der Waals surface area contributed by atoms with E-state index >= 15 is 0 Å². The van der Waals surface area contributed by atoms with E-state index < -0.39 is 5.54 Å². The first-order valence-corrected chi connectivity index (χ1v) is 10.2. The van der Waals surface area contributed by atoms with Crippen LogP contribution < -0.4 is 10.5 Å². The molecule has 3 rings (SSSR count). The van der Waals surface area contributed by atoms with Gasteiger partial charge in [0.15, 0.2) is 17.8 Å². The summed E-state index contributed by atoms with van der Waals surface area (Å²) in [6.07, 6.45) is 5.59. The Labute approximate surface area is 173 Å². The lowest BCUT2D eigenvalue weighted by Crippen LogP contribution is -2.48. The van der Waals surface area contributed by atoms with Crippen molar-refractivity contribution in [2.24, 2.45) is 16.1 Å². The Balaban J connectivity index is 2.06. The van der Waals surface area contributed by atoms with E-state index in [4.69, 9.17) is 24.9 Å². The monoisotopic (exact) mass is 403 g/mol. The van der Waals surface area contributed by atoms with Gasteiger partial charge in [-0.05, 0) is 55.4 Å². The molecule has 1 aromatic carbocycles. The van der Waals surface area contributed by atoms with Crippen molar-refractivity contribution in [1.82, 2.24) is 4.90 Å². The fourth-order valence-electron chi connectivity index (χ4n) is 4.79. The molecule has 2 aliphatic rings. The molecule has 0 radical (unpaired) electrons. The summed E-state index contributed by atoms with van der Waals surface area (Å²) in [5, 5.41) is 0. The number of nitrogens with two attached hydrogens (primary N) is 1. The highest BCUT2D eigenvalue weighted by Gasteiger charge is 2.59. The molecule has 1 atom stereocenters. The predicted octanol–water partition coefficient (Wildman–Crippen LogP) is 2.11. The number of hydrogen-bond acceptors (Lipinski definition) is 5. The van der Waals surface area contributed by atoms with Crippen molar-refractivity contribution >= 4 is 12.2 Å². The second-order valence-electron chi connectivity index (χ2n) is 8.30. The van der Waals surface area contributed by atoms with Crippen LogP contribution in [-0.2, 0) is 26.2 Å². The Bertz CT molecular complexity index is 756. The van der Waals surface area contributed by atoms with Gasteiger partial charge < -0.3 is 29.6 Å². The summed E-state index contributed by atoms with van der Waals surface area (Å²) >= 11 is 0. The second-order valence-corrected chi connectivity index (χ2v) is 8.30. The highest BCUT2D eigenvalue weighted by molar-refractivity contribution is 5.84. The van der Waals surface area contributed by atoms with E-state index in [-0.39, 0.29) is 11.5 Å². The van der Waals surface area contributed by atoms with Crippen molar-refractivity contribution in [3.8, 4) is 5.75 Å². The number of fused-ring (bicyclic) bond motifs is 1. The van der Waals surface area contributed by atoms with Gasteiger partial charge in [0, 0.05) is 33.7 Å². The maximum Gasteiger partial charge on any atom is 0.192 e. The molecule has 0 unspecified atom stereocenters. The van der Waals surface area contributed by atoms with E-state index in [1.807, 2.05) is 26.2 Å². The molecule has 0 heterocycles. The summed E-state index contributed by atoms with van der Waals surface area (Å²) < 4.78 is 16.5. The normalized spacial score (nSPS) is 29.0. The molecule has 2 aliphatic carbocycles. The van der Waals surface area contributed by atoms with E-state index in [1.54, 1.807) is 19.1 Å². The zero-order valence-electron chi connectivity index (χ0n) is 17.9. The lowest BCUT2D eigenvalue weighted by molar-refractivity contribution is -0.118. The average molecular weight is 404 g/mol. The summed E-state index contributed by atoms with van der Waals surface area (Å²) in [5.41, 5.74) is 6.97. The lowest BCUT2D eigenvalue weighted by Gasteiger charge is -2.45. The van der Waals surface area contributed by atoms with Crippen LogP contribution in [0.4, 0.5) is 0 Å². The smallest absolute Gasteiger partial charge is 0.192 e. The van der Waals surface area contributed by atoms with Crippen LogP contribution in [0.3, 0.4) is 0 Å². The lowest BCUT2D eigenvalue weighted by atomic mass is 9.62. The molecule has 7 nitrogen and oxygen atoms in total. The Hall–Kier alpha value is -2.12. The number of carbonyl (C=O) groups excluding carboxylic acids is 1. The number of guanidine groups is 1. The topological polar surface area (TPSA) is 86.4 Å². The fraction of sp³-hybridized carbons (Fsp3) is 0.636. The van der Waals surface area contributed by atoms with Crippen LogP contribution >= 0.6 is 0 Å². The summed E-state index contributed by atoms with van der Waals surface area (Å²) in [6.45, 7) is 0.955. The molecule has 1 spiro atoms. The largest absolute Gasteiger partial charge is 0.491 e. The minimum atomic E-state index is -1.02. The fourth-order valence-corrected chi connectivity index (χ4v) is 4.79. The summed E-state index contributed by atoms with van der Waals surface area (Å²) in [4.78, 5) is 19.4. The summed E-state index contributed by atoms with van der Waals surface area (Å²) in [6, 6.07) is 5.99. The van der Waals surface area contributed by atoms with Crippen LogP contribution in [0.1, 0.15) is 36.8 Å². The minimum absolute atomic E-state index is 0.233. The van der Waals surface area contributed by atoms with Crippen molar-refractivity contribution in [3.63, 3.8) is 0 Å². The van der Waals surface area contributed by atoms with E-state index in [0.717, 1.165) is 49.5 Å².